The molecule has 28 heavy (non-hydrogen) atoms. The predicted octanol–water partition coefficient (Wildman–Crippen LogP) is 1.10. The van der Waals surface area contributed by atoms with Crippen LogP contribution < -0.4 is 9.80 Å². The van der Waals surface area contributed by atoms with Gasteiger partial charge in [-0.3, -0.25) is 0 Å². The minimum Gasteiger partial charge on any atom is -0.352 e. The molecule has 0 aliphatic carbocycles. The van der Waals surface area contributed by atoms with Crippen LogP contribution in [0, 0.1) is 0 Å². The van der Waals surface area contributed by atoms with Crippen molar-refractivity contribution in [1.82, 2.24) is 24.1 Å². The standard InChI is InChI=1S/C18H27N7O2S/c1-15-5-3-4-8-25(15)17-7-6-16(20-21-17)23-9-11-24(12-10-23)28(26,27)18-13-22(2)14-19-18/h6-7,13-15H,3-5,8-12H2,1-2H3. The Morgan fingerprint density at radius 3 is 2.32 bits per heavy atom. The van der Waals surface area contributed by atoms with Crippen LogP contribution in [0.4, 0.5) is 11.6 Å². The van der Waals surface area contributed by atoms with Gasteiger partial charge >= 0.3 is 0 Å². The molecule has 10 heteroatoms. The van der Waals surface area contributed by atoms with Crippen molar-refractivity contribution in [3.63, 3.8) is 0 Å². The molecule has 2 aliphatic rings. The maximum Gasteiger partial charge on any atom is 0.262 e. The SMILES string of the molecule is CC1CCCCN1c1ccc(N2CCN(S(=O)(=O)c3cn(C)cn3)CC2)nn1. The van der Waals surface area contributed by atoms with E-state index in [-0.39, 0.29) is 5.03 Å². The highest BCUT2D eigenvalue weighted by Gasteiger charge is 2.30. The monoisotopic (exact) mass is 405 g/mol. The average Bonchev–Trinajstić information content (AvgIpc) is 3.16. The van der Waals surface area contributed by atoms with E-state index in [2.05, 4.69) is 31.9 Å². The Hall–Kier alpha value is -2.20. The van der Waals surface area contributed by atoms with Gasteiger partial charge in [0.05, 0.1) is 6.33 Å². The molecule has 0 saturated carbocycles. The van der Waals surface area contributed by atoms with Crippen LogP contribution in [0.15, 0.2) is 29.7 Å². The van der Waals surface area contributed by atoms with E-state index < -0.39 is 10.0 Å². The highest BCUT2D eigenvalue weighted by molar-refractivity contribution is 7.89. The van der Waals surface area contributed by atoms with Crippen molar-refractivity contribution in [2.45, 2.75) is 37.3 Å². The number of piperazine rings is 1. The van der Waals surface area contributed by atoms with Gasteiger partial charge in [0.25, 0.3) is 10.0 Å². The van der Waals surface area contributed by atoms with Gasteiger partial charge in [0.15, 0.2) is 16.7 Å². The van der Waals surface area contributed by atoms with Gasteiger partial charge in [-0.05, 0) is 38.3 Å². The van der Waals surface area contributed by atoms with Crippen molar-refractivity contribution < 1.29 is 8.42 Å². The molecule has 4 heterocycles. The number of hydrogen-bond donors (Lipinski definition) is 0. The van der Waals surface area contributed by atoms with E-state index in [0.29, 0.717) is 32.2 Å². The average molecular weight is 406 g/mol. The molecular weight excluding hydrogens is 378 g/mol. The van der Waals surface area contributed by atoms with Crippen molar-refractivity contribution in [3.8, 4) is 0 Å². The molecule has 2 aromatic heterocycles. The Balaban J connectivity index is 1.40. The first-order chi connectivity index (χ1) is 13.4. The number of piperidine rings is 1. The van der Waals surface area contributed by atoms with Gasteiger partial charge in [-0.15, -0.1) is 10.2 Å². The van der Waals surface area contributed by atoms with Crippen LogP contribution in [0.3, 0.4) is 0 Å². The van der Waals surface area contributed by atoms with E-state index in [4.69, 9.17) is 0 Å². The minimum atomic E-state index is -3.54. The van der Waals surface area contributed by atoms with Crippen LogP contribution in [0.1, 0.15) is 26.2 Å². The van der Waals surface area contributed by atoms with Gasteiger partial charge in [-0.2, -0.15) is 4.31 Å². The van der Waals surface area contributed by atoms with Gasteiger partial charge < -0.3 is 14.4 Å². The topological polar surface area (TPSA) is 87.5 Å². The fraction of sp³-hybridized carbons (Fsp3) is 0.611. The third kappa shape index (κ3) is 3.70. The van der Waals surface area contributed by atoms with Crippen molar-refractivity contribution in [2.75, 3.05) is 42.5 Å². The normalized spacial score (nSPS) is 21.9. The largest absolute Gasteiger partial charge is 0.352 e. The Kier molecular flexibility index (Phi) is 5.24. The highest BCUT2D eigenvalue weighted by atomic mass is 32.2. The van der Waals surface area contributed by atoms with Crippen molar-refractivity contribution in [1.29, 1.82) is 0 Å². The molecule has 0 aromatic carbocycles. The van der Waals surface area contributed by atoms with Crippen LogP contribution >= 0.6 is 0 Å². The van der Waals surface area contributed by atoms with Crippen LogP contribution in [-0.2, 0) is 17.1 Å². The number of aryl methyl sites for hydroxylation is 1. The fourth-order valence-electron chi connectivity index (χ4n) is 3.89. The molecule has 0 bridgehead atoms. The quantitative estimate of drug-likeness (QED) is 0.753. The first-order valence-corrected chi connectivity index (χ1v) is 11.2. The molecule has 2 aliphatic heterocycles. The van der Waals surface area contributed by atoms with Crippen molar-refractivity contribution in [3.05, 3.63) is 24.7 Å². The van der Waals surface area contributed by atoms with Crippen molar-refractivity contribution in [2.24, 2.45) is 7.05 Å². The minimum absolute atomic E-state index is 0.100. The molecule has 0 spiro atoms. The lowest BCUT2D eigenvalue weighted by atomic mass is 10.0. The molecule has 0 amide bonds. The van der Waals surface area contributed by atoms with E-state index in [1.165, 1.54) is 36.1 Å². The summed E-state index contributed by atoms with van der Waals surface area (Å²) in [6.45, 7) is 5.24. The summed E-state index contributed by atoms with van der Waals surface area (Å²) >= 11 is 0. The van der Waals surface area contributed by atoms with E-state index in [1.807, 2.05) is 12.1 Å². The second kappa shape index (κ2) is 7.67. The predicted molar refractivity (Wildman–Crippen MR) is 107 cm³/mol. The maximum absolute atomic E-state index is 12.7. The third-order valence-electron chi connectivity index (χ3n) is 5.58. The molecule has 0 N–H and O–H groups in total. The summed E-state index contributed by atoms with van der Waals surface area (Å²) < 4.78 is 28.5. The van der Waals surface area contributed by atoms with Crippen LogP contribution in [0.2, 0.25) is 0 Å². The zero-order chi connectivity index (χ0) is 19.7. The number of rotatable bonds is 4. The van der Waals surface area contributed by atoms with Gasteiger partial charge in [-0.1, -0.05) is 0 Å². The van der Waals surface area contributed by atoms with E-state index in [0.717, 1.165) is 18.2 Å². The number of aromatic nitrogens is 4. The summed E-state index contributed by atoms with van der Waals surface area (Å²) in [6, 6.07) is 4.52. The first-order valence-electron chi connectivity index (χ1n) is 9.78. The summed E-state index contributed by atoms with van der Waals surface area (Å²) in [5.74, 6) is 1.72. The smallest absolute Gasteiger partial charge is 0.262 e. The van der Waals surface area contributed by atoms with E-state index >= 15 is 0 Å². The first kappa shape index (κ1) is 19.1. The lowest BCUT2D eigenvalue weighted by molar-refractivity contribution is 0.382. The van der Waals surface area contributed by atoms with Crippen molar-refractivity contribution >= 4 is 21.7 Å². The van der Waals surface area contributed by atoms with Crippen LogP contribution in [0.25, 0.3) is 0 Å². The fourth-order valence-corrected chi connectivity index (χ4v) is 5.28. The molecule has 9 nitrogen and oxygen atoms in total. The number of nitrogens with zero attached hydrogens (tertiary/aromatic N) is 7. The summed E-state index contributed by atoms with van der Waals surface area (Å²) in [5, 5.41) is 8.95. The number of sulfonamides is 1. The Morgan fingerprint density at radius 2 is 1.71 bits per heavy atom. The van der Waals surface area contributed by atoms with Gasteiger partial charge in [0.2, 0.25) is 0 Å². The number of anilines is 2. The van der Waals surface area contributed by atoms with E-state index in [1.54, 1.807) is 11.6 Å². The second-order valence-corrected chi connectivity index (χ2v) is 9.44. The zero-order valence-electron chi connectivity index (χ0n) is 16.4. The van der Waals surface area contributed by atoms with E-state index in [9.17, 15) is 8.42 Å². The Bertz CT molecular complexity index is 904. The molecule has 4 rings (SSSR count). The molecule has 2 fully saturated rings. The molecule has 0 radical (unpaired) electrons. The lowest BCUT2D eigenvalue weighted by Crippen LogP contribution is -2.49. The third-order valence-corrected chi connectivity index (χ3v) is 7.37. The Labute approximate surface area is 166 Å². The summed E-state index contributed by atoms with van der Waals surface area (Å²) in [4.78, 5) is 8.39. The second-order valence-electron chi connectivity index (χ2n) is 7.56. The number of imidazole rings is 1. The maximum atomic E-state index is 12.7. The highest BCUT2D eigenvalue weighted by Crippen LogP contribution is 2.24. The molecule has 1 unspecified atom stereocenters. The van der Waals surface area contributed by atoms with Gasteiger partial charge in [-0.25, -0.2) is 13.4 Å². The summed E-state index contributed by atoms with van der Waals surface area (Å²) in [5.41, 5.74) is 0. The zero-order valence-corrected chi connectivity index (χ0v) is 17.2. The van der Waals surface area contributed by atoms with Crippen LogP contribution in [0.5, 0.6) is 0 Å². The lowest BCUT2D eigenvalue weighted by Gasteiger charge is -2.35. The summed E-state index contributed by atoms with van der Waals surface area (Å²) in [6.07, 6.45) is 6.70. The summed E-state index contributed by atoms with van der Waals surface area (Å²) in [7, 11) is -1.78. The van der Waals surface area contributed by atoms with Gasteiger partial charge in [0.1, 0.15) is 0 Å². The van der Waals surface area contributed by atoms with Gasteiger partial charge in [0, 0.05) is 52.0 Å². The molecule has 152 valence electrons. The molecular formula is C18H27N7O2S. The molecule has 2 aromatic rings. The number of hydrogen-bond acceptors (Lipinski definition) is 7. The molecule has 1 atom stereocenters. The Morgan fingerprint density at radius 1 is 1.00 bits per heavy atom. The molecule has 2 saturated heterocycles. The van der Waals surface area contributed by atoms with Crippen LogP contribution in [-0.4, -0.2) is 71.2 Å².